The molecule has 0 saturated heterocycles. The highest BCUT2D eigenvalue weighted by atomic mass is 79.9. The van der Waals surface area contributed by atoms with E-state index in [2.05, 4.69) is 46.1 Å². The van der Waals surface area contributed by atoms with Gasteiger partial charge in [-0.3, -0.25) is 0 Å². The Kier molecular flexibility index (Phi) is 4.00. The van der Waals surface area contributed by atoms with Gasteiger partial charge in [0.05, 0.1) is 16.9 Å². The van der Waals surface area contributed by atoms with Crippen molar-refractivity contribution in [3.8, 4) is 6.07 Å². The van der Waals surface area contributed by atoms with Crippen molar-refractivity contribution < 1.29 is 0 Å². The molecule has 0 aliphatic carbocycles. The number of thiazole rings is 1. The summed E-state index contributed by atoms with van der Waals surface area (Å²) < 4.78 is 0.788. The van der Waals surface area contributed by atoms with Crippen LogP contribution < -0.4 is 5.32 Å². The summed E-state index contributed by atoms with van der Waals surface area (Å²) in [6.45, 7) is 4.22. The van der Waals surface area contributed by atoms with E-state index in [4.69, 9.17) is 5.26 Å². The van der Waals surface area contributed by atoms with Crippen molar-refractivity contribution in [3.63, 3.8) is 0 Å². The van der Waals surface area contributed by atoms with Crippen molar-refractivity contribution >= 4 is 38.1 Å². The average molecular weight is 322 g/mol. The van der Waals surface area contributed by atoms with Crippen LogP contribution in [-0.4, -0.2) is 4.98 Å². The van der Waals surface area contributed by atoms with E-state index in [0.717, 1.165) is 21.0 Å². The SMILES string of the molecule is CC(C)c1csc(Nc2cccc(Br)c2C#N)n1. The average Bonchev–Trinajstić information content (AvgIpc) is 2.78. The van der Waals surface area contributed by atoms with Crippen LogP contribution in [0.25, 0.3) is 0 Å². The molecule has 2 rings (SSSR count). The first-order valence-corrected chi connectivity index (χ1v) is 7.20. The van der Waals surface area contributed by atoms with E-state index in [1.807, 2.05) is 23.6 Å². The van der Waals surface area contributed by atoms with Crippen LogP contribution in [0.2, 0.25) is 0 Å². The molecule has 0 fully saturated rings. The predicted molar refractivity (Wildman–Crippen MR) is 78.3 cm³/mol. The minimum atomic E-state index is 0.412. The van der Waals surface area contributed by atoms with Gasteiger partial charge in [-0.2, -0.15) is 5.26 Å². The summed E-state index contributed by atoms with van der Waals surface area (Å²) in [5.74, 6) is 0.412. The number of nitriles is 1. The molecule has 0 spiro atoms. The maximum absolute atomic E-state index is 9.13. The highest BCUT2D eigenvalue weighted by Crippen LogP contribution is 2.29. The lowest BCUT2D eigenvalue weighted by molar-refractivity contribution is 0.834. The molecule has 18 heavy (non-hydrogen) atoms. The fourth-order valence-electron chi connectivity index (χ4n) is 1.47. The van der Waals surface area contributed by atoms with Crippen molar-refractivity contribution in [2.75, 3.05) is 5.32 Å². The quantitative estimate of drug-likeness (QED) is 0.895. The number of hydrogen-bond donors (Lipinski definition) is 1. The molecule has 0 atom stereocenters. The van der Waals surface area contributed by atoms with Crippen molar-refractivity contribution in [3.05, 3.63) is 39.3 Å². The van der Waals surface area contributed by atoms with E-state index in [9.17, 15) is 0 Å². The summed E-state index contributed by atoms with van der Waals surface area (Å²) in [7, 11) is 0. The smallest absolute Gasteiger partial charge is 0.187 e. The lowest BCUT2D eigenvalue weighted by Crippen LogP contribution is -1.95. The molecule has 0 bridgehead atoms. The molecule has 1 aromatic carbocycles. The fraction of sp³-hybridized carbons (Fsp3) is 0.231. The minimum absolute atomic E-state index is 0.412. The molecule has 0 radical (unpaired) electrons. The number of aromatic nitrogens is 1. The zero-order valence-electron chi connectivity index (χ0n) is 10.1. The third-order valence-electron chi connectivity index (χ3n) is 2.48. The summed E-state index contributed by atoms with van der Waals surface area (Å²) >= 11 is 4.92. The molecule has 0 amide bonds. The van der Waals surface area contributed by atoms with Crippen LogP contribution >= 0.6 is 27.3 Å². The number of anilines is 2. The normalized spacial score (nSPS) is 10.4. The number of nitrogens with zero attached hydrogens (tertiary/aromatic N) is 2. The Balaban J connectivity index is 2.29. The summed E-state index contributed by atoms with van der Waals surface area (Å²) in [5.41, 5.74) is 2.44. The second-order valence-corrected chi connectivity index (χ2v) is 5.84. The maximum atomic E-state index is 9.13. The van der Waals surface area contributed by atoms with Crippen molar-refractivity contribution in [1.82, 2.24) is 4.98 Å². The lowest BCUT2D eigenvalue weighted by Gasteiger charge is -2.06. The van der Waals surface area contributed by atoms with Gasteiger partial charge in [-0.05, 0) is 34.0 Å². The Bertz CT molecular complexity index is 599. The zero-order chi connectivity index (χ0) is 13.1. The minimum Gasteiger partial charge on any atom is -0.330 e. The molecular formula is C13H12BrN3S. The van der Waals surface area contributed by atoms with Gasteiger partial charge in [0.25, 0.3) is 0 Å². The van der Waals surface area contributed by atoms with E-state index in [1.165, 1.54) is 0 Å². The van der Waals surface area contributed by atoms with Gasteiger partial charge in [-0.1, -0.05) is 19.9 Å². The van der Waals surface area contributed by atoms with Gasteiger partial charge in [0.2, 0.25) is 0 Å². The van der Waals surface area contributed by atoms with Gasteiger partial charge < -0.3 is 5.32 Å². The molecule has 92 valence electrons. The molecule has 5 heteroatoms. The summed E-state index contributed by atoms with van der Waals surface area (Å²) in [6.07, 6.45) is 0. The highest BCUT2D eigenvalue weighted by Gasteiger charge is 2.09. The molecule has 0 saturated carbocycles. The van der Waals surface area contributed by atoms with E-state index < -0.39 is 0 Å². The van der Waals surface area contributed by atoms with E-state index in [1.54, 1.807) is 11.3 Å². The Hall–Kier alpha value is -1.38. The third-order valence-corrected chi connectivity index (χ3v) is 3.92. The van der Waals surface area contributed by atoms with E-state index in [0.29, 0.717) is 11.5 Å². The van der Waals surface area contributed by atoms with Crippen molar-refractivity contribution in [2.24, 2.45) is 0 Å². The Morgan fingerprint density at radius 1 is 1.44 bits per heavy atom. The van der Waals surface area contributed by atoms with Crippen LogP contribution in [-0.2, 0) is 0 Å². The Labute approximate surface area is 119 Å². The van der Waals surface area contributed by atoms with Crippen LogP contribution in [0.1, 0.15) is 31.0 Å². The number of halogens is 1. The summed E-state index contributed by atoms with van der Waals surface area (Å²) in [4.78, 5) is 4.49. The first-order chi connectivity index (χ1) is 8.61. The van der Waals surface area contributed by atoms with Crippen LogP contribution in [0.4, 0.5) is 10.8 Å². The predicted octanol–water partition coefficient (Wildman–Crippen LogP) is 4.64. The van der Waals surface area contributed by atoms with Crippen LogP contribution in [0, 0.1) is 11.3 Å². The van der Waals surface area contributed by atoms with Crippen LogP contribution in [0.5, 0.6) is 0 Å². The van der Waals surface area contributed by atoms with Crippen LogP contribution in [0.3, 0.4) is 0 Å². The molecule has 1 aromatic heterocycles. The van der Waals surface area contributed by atoms with Gasteiger partial charge in [0, 0.05) is 9.85 Å². The van der Waals surface area contributed by atoms with Gasteiger partial charge >= 0.3 is 0 Å². The number of nitrogens with one attached hydrogen (secondary N) is 1. The molecular weight excluding hydrogens is 310 g/mol. The molecule has 2 aromatic rings. The van der Waals surface area contributed by atoms with Crippen LogP contribution in [0.15, 0.2) is 28.1 Å². The first kappa shape index (κ1) is 13.1. The molecule has 0 aliphatic rings. The molecule has 0 aliphatic heterocycles. The van der Waals surface area contributed by atoms with Crippen molar-refractivity contribution in [1.29, 1.82) is 5.26 Å². The Morgan fingerprint density at radius 2 is 2.22 bits per heavy atom. The lowest BCUT2D eigenvalue weighted by atomic mass is 10.2. The van der Waals surface area contributed by atoms with E-state index in [-0.39, 0.29) is 0 Å². The monoisotopic (exact) mass is 321 g/mol. The first-order valence-electron chi connectivity index (χ1n) is 5.53. The molecule has 1 heterocycles. The van der Waals surface area contributed by atoms with Gasteiger partial charge in [-0.25, -0.2) is 4.98 Å². The largest absolute Gasteiger partial charge is 0.330 e. The number of rotatable bonds is 3. The van der Waals surface area contributed by atoms with E-state index >= 15 is 0 Å². The summed E-state index contributed by atoms with van der Waals surface area (Å²) in [6, 6.07) is 7.80. The standard InChI is InChI=1S/C13H12BrN3S/c1-8(2)12-7-18-13(17-12)16-11-5-3-4-10(14)9(11)6-15/h3-5,7-8H,1-2H3,(H,16,17). The summed E-state index contributed by atoms with van der Waals surface area (Å²) in [5, 5.41) is 15.2. The Morgan fingerprint density at radius 3 is 2.83 bits per heavy atom. The number of hydrogen-bond acceptors (Lipinski definition) is 4. The highest BCUT2D eigenvalue weighted by molar-refractivity contribution is 9.10. The topological polar surface area (TPSA) is 48.7 Å². The van der Waals surface area contributed by atoms with Gasteiger partial charge in [0.1, 0.15) is 6.07 Å². The van der Waals surface area contributed by atoms with Crippen molar-refractivity contribution in [2.45, 2.75) is 19.8 Å². The molecule has 3 nitrogen and oxygen atoms in total. The third kappa shape index (κ3) is 2.71. The maximum Gasteiger partial charge on any atom is 0.187 e. The molecule has 0 unspecified atom stereocenters. The second-order valence-electron chi connectivity index (χ2n) is 4.13. The fourth-order valence-corrected chi connectivity index (χ4v) is 2.80. The number of benzene rings is 1. The second kappa shape index (κ2) is 5.51. The zero-order valence-corrected chi connectivity index (χ0v) is 12.5. The van der Waals surface area contributed by atoms with Gasteiger partial charge in [-0.15, -0.1) is 11.3 Å². The molecule has 1 N–H and O–H groups in total. The van der Waals surface area contributed by atoms with Gasteiger partial charge in [0.15, 0.2) is 5.13 Å².